The molecular weight excluding hydrogens is 415 g/mol. The van der Waals surface area contributed by atoms with Crippen LogP contribution < -0.4 is 0 Å². The fraction of sp³-hybridized carbons (Fsp3) is 0.250. The molecule has 2 heterocycles. The molecule has 0 unspecified atom stereocenters. The molecule has 0 aliphatic carbocycles. The second kappa shape index (κ2) is 8.94. The number of amides is 1. The van der Waals surface area contributed by atoms with Gasteiger partial charge in [0.15, 0.2) is 11.0 Å². The smallest absolute Gasteiger partial charge is 0.233 e. The van der Waals surface area contributed by atoms with Crippen molar-refractivity contribution in [3.05, 3.63) is 59.4 Å². The lowest BCUT2D eigenvalue weighted by Gasteiger charge is -2.26. The average Bonchev–Trinajstić information content (AvgIpc) is 3.16. The number of nitrogens with zero attached hydrogens (tertiary/aromatic N) is 4. The molecule has 1 aromatic heterocycles. The van der Waals surface area contributed by atoms with Crippen LogP contribution in [0, 0.1) is 5.82 Å². The van der Waals surface area contributed by atoms with Gasteiger partial charge in [-0.2, -0.15) is 0 Å². The Hall–Kier alpha value is -2.42. The number of benzene rings is 2. The number of aromatic nitrogens is 3. The van der Waals surface area contributed by atoms with Gasteiger partial charge < -0.3 is 9.64 Å². The quantitative estimate of drug-likeness (QED) is 0.575. The number of rotatable bonds is 5. The highest BCUT2D eigenvalue weighted by molar-refractivity contribution is 7.99. The van der Waals surface area contributed by atoms with Crippen LogP contribution >= 0.6 is 23.4 Å². The second-order valence-corrected chi connectivity index (χ2v) is 7.70. The standard InChI is InChI=1S/C20H18ClFN4O2S/c21-15-6-2-1-5-14(15)19-23-24-20(26(19)17-8-4-3-7-16(17)22)29-13-18(27)25-9-11-28-12-10-25/h1-8H,9-13H2. The fourth-order valence-electron chi connectivity index (χ4n) is 3.06. The summed E-state index contributed by atoms with van der Waals surface area (Å²) < 4.78 is 21.5. The minimum Gasteiger partial charge on any atom is -0.378 e. The van der Waals surface area contributed by atoms with Crippen LogP contribution in [0.5, 0.6) is 0 Å². The molecule has 1 aliphatic rings. The number of halogens is 2. The van der Waals surface area contributed by atoms with E-state index in [1.807, 2.05) is 12.1 Å². The van der Waals surface area contributed by atoms with E-state index in [0.29, 0.717) is 53.6 Å². The van der Waals surface area contributed by atoms with Crippen LogP contribution in [0.25, 0.3) is 17.1 Å². The molecule has 1 aliphatic heterocycles. The van der Waals surface area contributed by atoms with Crippen molar-refractivity contribution in [2.75, 3.05) is 32.1 Å². The summed E-state index contributed by atoms with van der Waals surface area (Å²) in [6.45, 7) is 2.23. The minimum atomic E-state index is -0.415. The van der Waals surface area contributed by atoms with Crippen LogP contribution in [0.3, 0.4) is 0 Å². The van der Waals surface area contributed by atoms with Crippen molar-refractivity contribution in [2.24, 2.45) is 0 Å². The summed E-state index contributed by atoms with van der Waals surface area (Å²) in [5.74, 6) is 0.166. The molecule has 4 rings (SSSR count). The third kappa shape index (κ3) is 4.29. The van der Waals surface area contributed by atoms with Gasteiger partial charge >= 0.3 is 0 Å². The van der Waals surface area contributed by atoms with Crippen LogP contribution in [0.15, 0.2) is 53.7 Å². The fourth-order valence-corrected chi connectivity index (χ4v) is 4.13. The molecule has 1 fully saturated rings. The van der Waals surface area contributed by atoms with Crippen molar-refractivity contribution < 1.29 is 13.9 Å². The molecule has 9 heteroatoms. The number of carbonyl (C=O) groups is 1. The van der Waals surface area contributed by atoms with Gasteiger partial charge in [0, 0.05) is 18.7 Å². The molecule has 3 aromatic rings. The predicted molar refractivity (Wildman–Crippen MR) is 110 cm³/mol. The first-order valence-corrected chi connectivity index (χ1v) is 10.4. The Morgan fingerprint density at radius 2 is 1.83 bits per heavy atom. The van der Waals surface area contributed by atoms with Gasteiger partial charge in [-0.3, -0.25) is 9.36 Å². The number of thioether (sulfide) groups is 1. The molecule has 150 valence electrons. The largest absolute Gasteiger partial charge is 0.378 e. The van der Waals surface area contributed by atoms with E-state index in [-0.39, 0.29) is 11.7 Å². The van der Waals surface area contributed by atoms with Crippen molar-refractivity contribution in [1.29, 1.82) is 0 Å². The lowest BCUT2D eigenvalue weighted by atomic mass is 10.2. The van der Waals surface area contributed by atoms with E-state index in [0.717, 1.165) is 0 Å². The van der Waals surface area contributed by atoms with E-state index in [9.17, 15) is 9.18 Å². The minimum absolute atomic E-state index is 0.0133. The zero-order chi connectivity index (χ0) is 20.2. The van der Waals surface area contributed by atoms with Crippen molar-refractivity contribution in [2.45, 2.75) is 5.16 Å². The molecule has 2 aromatic carbocycles. The Balaban J connectivity index is 1.68. The molecule has 0 radical (unpaired) electrons. The topological polar surface area (TPSA) is 60.2 Å². The average molecular weight is 433 g/mol. The monoisotopic (exact) mass is 432 g/mol. The Morgan fingerprint density at radius 3 is 2.59 bits per heavy atom. The number of para-hydroxylation sites is 1. The highest BCUT2D eigenvalue weighted by Gasteiger charge is 2.22. The van der Waals surface area contributed by atoms with Gasteiger partial charge in [-0.05, 0) is 24.3 Å². The molecule has 1 amide bonds. The lowest BCUT2D eigenvalue weighted by Crippen LogP contribution is -2.41. The Labute approximate surface area is 176 Å². The van der Waals surface area contributed by atoms with Crippen LogP contribution in [-0.2, 0) is 9.53 Å². The Kier molecular flexibility index (Phi) is 6.13. The van der Waals surface area contributed by atoms with Crippen molar-refractivity contribution >= 4 is 29.3 Å². The van der Waals surface area contributed by atoms with E-state index in [4.69, 9.17) is 16.3 Å². The van der Waals surface area contributed by atoms with E-state index >= 15 is 0 Å². The molecule has 0 bridgehead atoms. The summed E-state index contributed by atoms with van der Waals surface area (Å²) in [4.78, 5) is 14.3. The third-order valence-corrected chi connectivity index (χ3v) is 5.77. The van der Waals surface area contributed by atoms with Gasteiger partial charge in [0.2, 0.25) is 5.91 Å². The predicted octanol–water partition coefficient (Wildman–Crippen LogP) is 3.68. The normalized spacial score (nSPS) is 14.2. The van der Waals surface area contributed by atoms with Gasteiger partial charge in [0.25, 0.3) is 0 Å². The van der Waals surface area contributed by atoms with Crippen LogP contribution in [0.4, 0.5) is 4.39 Å². The first kappa shape index (κ1) is 19.9. The van der Waals surface area contributed by atoms with Gasteiger partial charge in [-0.15, -0.1) is 10.2 Å². The summed E-state index contributed by atoms with van der Waals surface area (Å²) in [6, 6.07) is 13.6. The zero-order valence-electron chi connectivity index (χ0n) is 15.4. The third-order valence-electron chi connectivity index (χ3n) is 4.53. The number of hydrogen-bond donors (Lipinski definition) is 0. The molecule has 0 spiro atoms. The first-order valence-electron chi connectivity index (χ1n) is 9.08. The molecule has 0 atom stereocenters. The van der Waals surface area contributed by atoms with Crippen molar-refractivity contribution in [1.82, 2.24) is 19.7 Å². The highest BCUT2D eigenvalue weighted by Crippen LogP contribution is 2.32. The first-order chi connectivity index (χ1) is 14.1. The van der Waals surface area contributed by atoms with E-state index in [2.05, 4.69) is 10.2 Å². The number of ether oxygens (including phenoxy) is 1. The summed E-state index contributed by atoms with van der Waals surface area (Å²) >= 11 is 7.56. The molecule has 29 heavy (non-hydrogen) atoms. The van der Waals surface area contributed by atoms with Gasteiger partial charge in [0.1, 0.15) is 5.82 Å². The second-order valence-electron chi connectivity index (χ2n) is 6.35. The molecule has 0 N–H and O–H groups in total. The lowest BCUT2D eigenvalue weighted by molar-refractivity contribution is -0.132. The maximum Gasteiger partial charge on any atom is 0.233 e. The maximum atomic E-state index is 14.6. The maximum absolute atomic E-state index is 14.6. The molecule has 1 saturated heterocycles. The van der Waals surface area contributed by atoms with E-state index < -0.39 is 5.82 Å². The number of carbonyl (C=O) groups excluding carboxylic acids is 1. The Bertz CT molecular complexity index is 1020. The van der Waals surface area contributed by atoms with Crippen LogP contribution in [0.1, 0.15) is 0 Å². The van der Waals surface area contributed by atoms with Crippen LogP contribution in [-0.4, -0.2) is 57.6 Å². The van der Waals surface area contributed by atoms with Crippen molar-refractivity contribution in [3.63, 3.8) is 0 Å². The van der Waals surface area contributed by atoms with Gasteiger partial charge in [0.05, 0.1) is 29.7 Å². The summed E-state index contributed by atoms with van der Waals surface area (Å²) in [5.41, 5.74) is 0.935. The van der Waals surface area contributed by atoms with Gasteiger partial charge in [-0.1, -0.05) is 47.6 Å². The number of hydrogen-bond acceptors (Lipinski definition) is 5. The Morgan fingerprint density at radius 1 is 1.10 bits per heavy atom. The van der Waals surface area contributed by atoms with E-state index in [1.165, 1.54) is 17.8 Å². The highest BCUT2D eigenvalue weighted by atomic mass is 35.5. The molecule has 6 nitrogen and oxygen atoms in total. The zero-order valence-corrected chi connectivity index (χ0v) is 17.0. The van der Waals surface area contributed by atoms with E-state index in [1.54, 1.807) is 39.8 Å². The SMILES string of the molecule is O=C(CSc1nnc(-c2ccccc2Cl)n1-c1ccccc1F)N1CCOCC1. The van der Waals surface area contributed by atoms with Crippen LogP contribution in [0.2, 0.25) is 5.02 Å². The number of morpholine rings is 1. The van der Waals surface area contributed by atoms with Crippen molar-refractivity contribution in [3.8, 4) is 17.1 Å². The molecular formula is C20H18ClFN4O2S. The summed E-state index contributed by atoms with van der Waals surface area (Å²) in [7, 11) is 0. The summed E-state index contributed by atoms with van der Waals surface area (Å²) in [5, 5.41) is 9.38. The molecule has 0 saturated carbocycles. The summed E-state index contributed by atoms with van der Waals surface area (Å²) in [6.07, 6.45) is 0. The van der Waals surface area contributed by atoms with Gasteiger partial charge in [-0.25, -0.2) is 4.39 Å².